The third-order valence-corrected chi connectivity index (χ3v) is 6.46. The van der Waals surface area contributed by atoms with Gasteiger partial charge >= 0.3 is 0 Å². The molecule has 3 aliphatic rings. The molecule has 2 aromatic carbocycles. The molecule has 136 valence electrons. The molecule has 6 nitrogen and oxygen atoms in total. The van der Waals surface area contributed by atoms with Crippen molar-refractivity contribution in [2.75, 3.05) is 4.90 Å². The first-order valence-electron chi connectivity index (χ1n) is 9.27. The van der Waals surface area contributed by atoms with Crippen molar-refractivity contribution in [2.45, 2.75) is 19.3 Å². The van der Waals surface area contributed by atoms with Crippen LogP contribution in [0.5, 0.6) is 0 Å². The van der Waals surface area contributed by atoms with Crippen LogP contribution in [0.25, 0.3) is 11.1 Å². The normalized spacial score (nSPS) is 28.7. The molecule has 2 saturated carbocycles. The molecular formula is C21H18N2O4. The fraction of sp³-hybridized carbons (Fsp3) is 0.333. The second kappa shape index (κ2) is 5.74. The van der Waals surface area contributed by atoms with Crippen LogP contribution in [0.2, 0.25) is 0 Å². The molecule has 0 aromatic heterocycles. The summed E-state index contributed by atoms with van der Waals surface area (Å²) < 4.78 is 0. The maximum Gasteiger partial charge on any atom is 0.269 e. The Labute approximate surface area is 155 Å². The minimum Gasteiger partial charge on any atom is -0.274 e. The van der Waals surface area contributed by atoms with Gasteiger partial charge in [0.2, 0.25) is 11.8 Å². The molecule has 6 heteroatoms. The lowest BCUT2D eigenvalue weighted by atomic mass is 9.81. The van der Waals surface area contributed by atoms with Gasteiger partial charge in [0.1, 0.15) is 0 Å². The molecule has 2 aliphatic carbocycles. The summed E-state index contributed by atoms with van der Waals surface area (Å²) >= 11 is 0. The van der Waals surface area contributed by atoms with Crippen LogP contribution in [0.1, 0.15) is 19.3 Å². The molecule has 0 radical (unpaired) electrons. The molecule has 5 rings (SSSR count). The molecule has 0 N–H and O–H groups in total. The Balaban J connectivity index is 1.41. The summed E-state index contributed by atoms with van der Waals surface area (Å²) in [6.07, 6.45) is 3.16. The van der Waals surface area contributed by atoms with Crippen molar-refractivity contribution in [3.63, 3.8) is 0 Å². The topological polar surface area (TPSA) is 80.5 Å². The van der Waals surface area contributed by atoms with E-state index in [0.29, 0.717) is 17.5 Å². The van der Waals surface area contributed by atoms with Crippen LogP contribution in [0.4, 0.5) is 11.4 Å². The number of rotatable bonds is 3. The highest BCUT2D eigenvalue weighted by Gasteiger charge is 2.61. The summed E-state index contributed by atoms with van der Waals surface area (Å²) in [7, 11) is 0. The van der Waals surface area contributed by atoms with Crippen molar-refractivity contribution >= 4 is 23.2 Å². The SMILES string of the molecule is O=C1[C@H]2[C@@H]3CC[C@@H](C3)[C@@H]2C(=O)N1c1ccc(-c2ccc([N+](=O)[O-])cc2)cc1. The molecule has 4 atom stereocenters. The van der Waals surface area contributed by atoms with Crippen molar-refractivity contribution in [3.8, 4) is 11.1 Å². The number of imide groups is 1. The fourth-order valence-electron chi connectivity index (χ4n) is 5.24. The number of nitro groups is 1. The van der Waals surface area contributed by atoms with Crippen LogP contribution < -0.4 is 4.90 Å². The monoisotopic (exact) mass is 362 g/mol. The van der Waals surface area contributed by atoms with Gasteiger partial charge in [-0.1, -0.05) is 12.1 Å². The summed E-state index contributed by atoms with van der Waals surface area (Å²) in [5.74, 6) is 0.429. The van der Waals surface area contributed by atoms with Crippen LogP contribution >= 0.6 is 0 Å². The first-order valence-corrected chi connectivity index (χ1v) is 9.27. The molecule has 0 spiro atoms. The number of benzene rings is 2. The van der Waals surface area contributed by atoms with Gasteiger partial charge in [-0.15, -0.1) is 0 Å². The van der Waals surface area contributed by atoms with Crippen LogP contribution in [0, 0.1) is 33.8 Å². The molecule has 2 aromatic rings. The van der Waals surface area contributed by atoms with E-state index in [2.05, 4.69) is 0 Å². The number of nitrogens with zero attached hydrogens (tertiary/aromatic N) is 2. The van der Waals surface area contributed by atoms with E-state index in [1.54, 1.807) is 24.3 Å². The molecule has 1 aliphatic heterocycles. The molecule has 0 unspecified atom stereocenters. The van der Waals surface area contributed by atoms with E-state index >= 15 is 0 Å². The standard InChI is InChI=1S/C21H18N2O4/c24-20-18-14-1-2-15(11-14)19(18)21(25)22(20)16-7-3-12(4-8-16)13-5-9-17(10-6-13)23(26)27/h3-10,14-15,18-19H,1-2,11H2/t14-,15+,18-,19-/m0/s1. The summed E-state index contributed by atoms with van der Waals surface area (Å²) in [4.78, 5) is 37.5. The number of hydrogen-bond acceptors (Lipinski definition) is 4. The third-order valence-electron chi connectivity index (χ3n) is 6.46. The second-order valence-corrected chi connectivity index (χ2v) is 7.75. The Morgan fingerprint density at radius 2 is 1.30 bits per heavy atom. The van der Waals surface area contributed by atoms with Crippen molar-refractivity contribution in [2.24, 2.45) is 23.7 Å². The van der Waals surface area contributed by atoms with Gasteiger partial charge in [-0.05, 0) is 66.5 Å². The summed E-state index contributed by atoms with van der Waals surface area (Å²) in [6, 6.07) is 13.6. The van der Waals surface area contributed by atoms with Gasteiger partial charge in [0.05, 0.1) is 22.4 Å². The smallest absolute Gasteiger partial charge is 0.269 e. The Morgan fingerprint density at radius 3 is 1.78 bits per heavy atom. The highest BCUT2D eigenvalue weighted by Crippen LogP contribution is 2.56. The zero-order chi connectivity index (χ0) is 18.7. The van der Waals surface area contributed by atoms with E-state index in [1.807, 2.05) is 12.1 Å². The first-order chi connectivity index (χ1) is 13.0. The number of fused-ring (bicyclic) bond motifs is 5. The Kier molecular flexibility index (Phi) is 3.44. The number of anilines is 1. The zero-order valence-corrected chi connectivity index (χ0v) is 14.6. The van der Waals surface area contributed by atoms with Crippen molar-refractivity contribution in [3.05, 3.63) is 58.6 Å². The lowest BCUT2D eigenvalue weighted by Crippen LogP contribution is -2.32. The second-order valence-electron chi connectivity index (χ2n) is 7.75. The number of amides is 2. The number of carbonyl (C=O) groups is 2. The predicted octanol–water partition coefficient (Wildman–Crippen LogP) is 3.80. The van der Waals surface area contributed by atoms with Crippen molar-refractivity contribution < 1.29 is 14.5 Å². The number of carbonyl (C=O) groups excluding carboxylic acids is 2. The average Bonchev–Trinajstić information content (AvgIpc) is 3.36. The van der Waals surface area contributed by atoms with Crippen LogP contribution in [-0.4, -0.2) is 16.7 Å². The first kappa shape index (κ1) is 16.2. The van der Waals surface area contributed by atoms with Gasteiger partial charge in [-0.25, -0.2) is 0 Å². The minimum atomic E-state index is -0.429. The van der Waals surface area contributed by atoms with Gasteiger partial charge in [0.25, 0.3) is 5.69 Å². The Bertz CT molecular complexity index is 923. The largest absolute Gasteiger partial charge is 0.274 e. The van der Waals surface area contributed by atoms with Gasteiger partial charge in [-0.2, -0.15) is 0 Å². The summed E-state index contributed by atoms with van der Waals surface area (Å²) in [5.41, 5.74) is 2.39. The molecule has 1 saturated heterocycles. The number of hydrogen-bond donors (Lipinski definition) is 0. The number of nitro benzene ring substituents is 1. The van der Waals surface area contributed by atoms with Crippen LogP contribution in [0.3, 0.4) is 0 Å². The van der Waals surface area contributed by atoms with E-state index in [9.17, 15) is 19.7 Å². The highest BCUT2D eigenvalue weighted by atomic mass is 16.6. The number of non-ortho nitro benzene ring substituents is 1. The van der Waals surface area contributed by atoms with E-state index in [0.717, 1.165) is 30.4 Å². The quantitative estimate of drug-likeness (QED) is 0.472. The Morgan fingerprint density at radius 1 is 0.815 bits per heavy atom. The molecule has 1 heterocycles. The highest BCUT2D eigenvalue weighted by molar-refractivity contribution is 6.22. The maximum atomic E-state index is 12.9. The summed E-state index contributed by atoms with van der Waals surface area (Å²) in [6.45, 7) is 0. The van der Waals surface area contributed by atoms with Gasteiger partial charge in [0.15, 0.2) is 0 Å². The fourth-order valence-corrected chi connectivity index (χ4v) is 5.24. The molecule has 3 fully saturated rings. The van der Waals surface area contributed by atoms with Crippen molar-refractivity contribution in [1.82, 2.24) is 0 Å². The molecular weight excluding hydrogens is 344 g/mol. The average molecular weight is 362 g/mol. The van der Waals surface area contributed by atoms with E-state index in [4.69, 9.17) is 0 Å². The Hall–Kier alpha value is -3.02. The van der Waals surface area contributed by atoms with Crippen LogP contribution in [-0.2, 0) is 9.59 Å². The maximum absolute atomic E-state index is 12.9. The lowest BCUT2D eigenvalue weighted by Gasteiger charge is -2.19. The van der Waals surface area contributed by atoms with E-state index in [-0.39, 0.29) is 29.3 Å². The third kappa shape index (κ3) is 2.32. The van der Waals surface area contributed by atoms with E-state index < -0.39 is 4.92 Å². The van der Waals surface area contributed by atoms with Crippen molar-refractivity contribution in [1.29, 1.82) is 0 Å². The molecule has 27 heavy (non-hydrogen) atoms. The zero-order valence-electron chi connectivity index (χ0n) is 14.6. The summed E-state index contributed by atoms with van der Waals surface area (Å²) in [5, 5.41) is 10.8. The molecule has 2 amide bonds. The van der Waals surface area contributed by atoms with Gasteiger partial charge in [-0.3, -0.25) is 24.6 Å². The molecule has 2 bridgehead atoms. The van der Waals surface area contributed by atoms with Gasteiger partial charge < -0.3 is 0 Å². The van der Waals surface area contributed by atoms with E-state index in [1.165, 1.54) is 17.0 Å². The lowest BCUT2D eigenvalue weighted by molar-refractivity contribution is -0.384. The predicted molar refractivity (Wildman–Crippen MR) is 98.8 cm³/mol. The minimum absolute atomic E-state index is 0.0414. The van der Waals surface area contributed by atoms with Gasteiger partial charge in [0, 0.05) is 12.1 Å². The van der Waals surface area contributed by atoms with Crippen LogP contribution in [0.15, 0.2) is 48.5 Å².